The number of likely N-dealkylation sites (N-methyl/N-ethyl adjacent to an activating group) is 1. The second-order valence-corrected chi connectivity index (χ2v) is 13.5. The highest BCUT2D eigenvalue weighted by molar-refractivity contribution is 7.86. The van der Waals surface area contributed by atoms with E-state index in [1.807, 2.05) is 13.8 Å². The lowest BCUT2D eigenvalue weighted by atomic mass is 9.96. The minimum atomic E-state index is -4.00. The zero-order chi connectivity index (χ0) is 30.5. The molecule has 0 aromatic heterocycles. The molecule has 2 aliphatic rings. The van der Waals surface area contributed by atoms with Crippen LogP contribution in [0.25, 0.3) is 0 Å². The SMILES string of the molecule is CCOC1CC[C@H]2CC[C@@H](COS(=O)(=O)c3ccc(C)cc3)N2C(=O)[C@@H](NC(=O)[C@H](C)N(C)C(=O)OC(C)(C)C)C1. The average molecular weight is 596 g/mol. The summed E-state index contributed by atoms with van der Waals surface area (Å²) >= 11 is 0. The molecule has 3 rings (SSSR count). The van der Waals surface area contributed by atoms with E-state index in [4.69, 9.17) is 13.7 Å². The number of amides is 3. The Balaban J connectivity index is 1.76. The van der Waals surface area contributed by atoms with Crippen molar-refractivity contribution in [2.75, 3.05) is 20.3 Å². The van der Waals surface area contributed by atoms with Crippen molar-refractivity contribution in [3.63, 3.8) is 0 Å². The summed E-state index contributed by atoms with van der Waals surface area (Å²) in [6.07, 6.45) is 2.06. The average Bonchev–Trinajstić information content (AvgIpc) is 3.29. The molecule has 2 fully saturated rings. The summed E-state index contributed by atoms with van der Waals surface area (Å²) in [7, 11) is -2.53. The van der Waals surface area contributed by atoms with Gasteiger partial charge in [-0.3, -0.25) is 18.7 Å². The van der Waals surface area contributed by atoms with Gasteiger partial charge in [-0.05, 0) is 79.4 Å². The van der Waals surface area contributed by atoms with E-state index in [1.165, 1.54) is 24.1 Å². The minimum absolute atomic E-state index is 0.0597. The van der Waals surface area contributed by atoms with Gasteiger partial charge in [-0.15, -0.1) is 0 Å². The molecule has 5 atom stereocenters. The van der Waals surface area contributed by atoms with Crippen LogP contribution in [-0.4, -0.2) is 92.3 Å². The number of rotatable bonds is 9. The van der Waals surface area contributed by atoms with Gasteiger partial charge < -0.3 is 19.7 Å². The highest BCUT2D eigenvalue weighted by Gasteiger charge is 2.43. The molecule has 11 nitrogen and oxygen atoms in total. The van der Waals surface area contributed by atoms with Gasteiger partial charge in [-0.2, -0.15) is 8.42 Å². The molecule has 1 aromatic rings. The van der Waals surface area contributed by atoms with Gasteiger partial charge in [-0.1, -0.05) is 17.7 Å². The number of ether oxygens (including phenoxy) is 2. The van der Waals surface area contributed by atoms with E-state index in [0.717, 1.165) is 5.56 Å². The van der Waals surface area contributed by atoms with Crippen LogP contribution >= 0.6 is 0 Å². The molecule has 0 spiro atoms. The number of nitrogens with one attached hydrogen (secondary N) is 1. The van der Waals surface area contributed by atoms with Crippen molar-refractivity contribution in [2.45, 2.75) is 114 Å². The van der Waals surface area contributed by atoms with Crippen molar-refractivity contribution in [1.82, 2.24) is 15.1 Å². The lowest BCUT2D eigenvalue weighted by molar-refractivity contribution is -0.143. The Labute approximate surface area is 244 Å². The van der Waals surface area contributed by atoms with Gasteiger partial charge in [0.15, 0.2) is 0 Å². The van der Waals surface area contributed by atoms with Crippen molar-refractivity contribution in [3.8, 4) is 0 Å². The van der Waals surface area contributed by atoms with E-state index in [2.05, 4.69) is 5.32 Å². The van der Waals surface area contributed by atoms with Crippen LogP contribution < -0.4 is 5.32 Å². The van der Waals surface area contributed by atoms with Crippen molar-refractivity contribution in [1.29, 1.82) is 0 Å². The van der Waals surface area contributed by atoms with Gasteiger partial charge in [0.05, 0.1) is 23.6 Å². The van der Waals surface area contributed by atoms with Crippen LogP contribution in [0.1, 0.15) is 72.3 Å². The number of benzene rings is 1. The molecular weight excluding hydrogens is 550 g/mol. The first kappa shape index (κ1) is 32.8. The molecule has 1 unspecified atom stereocenters. The van der Waals surface area contributed by atoms with Crippen LogP contribution in [0.2, 0.25) is 0 Å². The third-order valence-electron chi connectivity index (χ3n) is 7.58. The van der Waals surface area contributed by atoms with E-state index in [9.17, 15) is 22.8 Å². The van der Waals surface area contributed by atoms with E-state index in [-0.39, 0.29) is 36.0 Å². The van der Waals surface area contributed by atoms with E-state index in [1.54, 1.807) is 44.7 Å². The summed E-state index contributed by atoms with van der Waals surface area (Å²) in [4.78, 5) is 42.7. The van der Waals surface area contributed by atoms with Crippen LogP contribution in [0.4, 0.5) is 4.79 Å². The van der Waals surface area contributed by atoms with Crippen molar-refractivity contribution in [2.24, 2.45) is 0 Å². The lowest BCUT2D eigenvalue weighted by Crippen LogP contribution is -2.58. The molecule has 2 aliphatic heterocycles. The molecule has 1 aromatic carbocycles. The highest BCUT2D eigenvalue weighted by atomic mass is 32.2. The standard InChI is InChI=1S/C29H45N3O8S/c1-8-38-23-14-13-21-11-12-22(18-39-41(36,37)24-15-9-19(2)10-16-24)32(21)27(34)25(17-23)30-26(33)20(3)31(7)28(35)40-29(4,5)6/h9-10,15-16,20-23,25H,8,11-14,17-18H2,1-7H3,(H,30,33)/t20-,21+,22-,23?,25-/m0/s1. The Bertz CT molecular complexity index is 1180. The third kappa shape index (κ3) is 8.65. The number of nitrogens with zero attached hydrogens (tertiary/aromatic N) is 2. The van der Waals surface area contributed by atoms with Crippen molar-refractivity contribution < 1.29 is 36.5 Å². The number of hydrogen-bond donors (Lipinski definition) is 1. The fraction of sp³-hybridized carbons (Fsp3) is 0.690. The monoisotopic (exact) mass is 595 g/mol. The van der Waals surface area contributed by atoms with Crippen LogP contribution in [0.15, 0.2) is 29.2 Å². The fourth-order valence-corrected chi connectivity index (χ4v) is 6.16. The molecule has 41 heavy (non-hydrogen) atoms. The smallest absolute Gasteiger partial charge is 0.410 e. The van der Waals surface area contributed by atoms with Gasteiger partial charge in [0.1, 0.15) is 17.7 Å². The van der Waals surface area contributed by atoms with Crippen LogP contribution in [0.5, 0.6) is 0 Å². The van der Waals surface area contributed by atoms with Gasteiger partial charge in [0, 0.05) is 26.1 Å². The summed E-state index contributed by atoms with van der Waals surface area (Å²) in [6, 6.07) is 4.00. The number of carbonyl (C=O) groups excluding carboxylic acids is 3. The first-order chi connectivity index (χ1) is 19.1. The molecule has 0 radical (unpaired) electrons. The Morgan fingerprint density at radius 3 is 2.37 bits per heavy atom. The zero-order valence-electron chi connectivity index (χ0n) is 25.2. The third-order valence-corrected chi connectivity index (χ3v) is 8.87. The quantitative estimate of drug-likeness (QED) is 0.430. The van der Waals surface area contributed by atoms with Crippen molar-refractivity contribution >= 4 is 28.0 Å². The van der Waals surface area contributed by atoms with Crippen LogP contribution in [0.3, 0.4) is 0 Å². The highest BCUT2D eigenvalue weighted by Crippen LogP contribution is 2.33. The number of hydrogen-bond acceptors (Lipinski definition) is 8. The van der Waals surface area contributed by atoms with Gasteiger partial charge in [0.2, 0.25) is 11.8 Å². The molecule has 0 bridgehead atoms. The topological polar surface area (TPSA) is 132 Å². The van der Waals surface area contributed by atoms with Gasteiger partial charge in [-0.25, -0.2) is 4.79 Å². The molecule has 0 saturated carbocycles. The maximum atomic E-state index is 14.0. The molecule has 2 heterocycles. The normalized spacial score (nSPS) is 24.2. The summed E-state index contributed by atoms with van der Waals surface area (Å²) in [6.45, 7) is 10.8. The minimum Gasteiger partial charge on any atom is -0.444 e. The summed E-state index contributed by atoms with van der Waals surface area (Å²) in [5.74, 6) is -0.809. The fourth-order valence-electron chi connectivity index (χ4n) is 5.22. The van der Waals surface area contributed by atoms with E-state index in [0.29, 0.717) is 32.3 Å². The number of carbonyl (C=O) groups is 3. The first-order valence-electron chi connectivity index (χ1n) is 14.3. The molecular formula is C29H45N3O8S. The Hall–Kier alpha value is -2.70. The van der Waals surface area contributed by atoms with Crippen molar-refractivity contribution in [3.05, 3.63) is 29.8 Å². The van der Waals surface area contributed by atoms with E-state index >= 15 is 0 Å². The molecule has 1 N–H and O–H groups in total. The van der Waals surface area contributed by atoms with Crippen LogP contribution in [0, 0.1) is 6.92 Å². The largest absolute Gasteiger partial charge is 0.444 e. The Kier molecular flexibility index (Phi) is 10.8. The lowest BCUT2D eigenvalue weighted by Gasteiger charge is -2.38. The second-order valence-electron chi connectivity index (χ2n) is 11.9. The number of aryl methyl sites for hydroxylation is 1. The Morgan fingerprint density at radius 2 is 1.76 bits per heavy atom. The zero-order valence-corrected chi connectivity index (χ0v) is 26.0. The number of fused-ring (bicyclic) bond motifs is 1. The van der Waals surface area contributed by atoms with Gasteiger partial charge in [0.25, 0.3) is 10.1 Å². The molecule has 3 amide bonds. The molecule has 0 aliphatic carbocycles. The first-order valence-corrected chi connectivity index (χ1v) is 15.7. The predicted octanol–water partition coefficient (Wildman–Crippen LogP) is 3.39. The van der Waals surface area contributed by atoms with Crippen LogP contribution in [-0.2, 0) is 33.4 Å². The predicted molar refractivity (Wildman–Crippen MR) is 153 cm³/mol. The molecule has 230 valence electrons. The summed E-state index contributed by atoms with van der Waals surface area (Å²) in [5.41, 5.74) is 0.204. The molecule has 2 saturated heterocycles. The summed E-state index contributed by atoms with van der Waals surface area (Å²) < 4.78 is 42.4. The maximum absolute atomic E-state index is 14.0. The maximum Gasteiger partial charge on any atom is 0.410 e. The molecule has 12 heteroatoms. The van der Waals surface area contributed by atoms with Gasteiger partial charge >= 0.3 is 6.09 Å². The van der Waals surface area contributed by atoms with E-state index < -0.39 is 45.8 Å². The Morgan fingerprint density at radius 1 is 1.12 bits per heavy atom. The summed E-state index contributed by atoms with van der Waals surface area (Å²) in [5, 5.41) is 2.84. The second kappa shape index (κ2) is 13.5.